The Morgan fingerprint density at radius 1 is 1.00 bits per heavy atom. The highest BCUT2D eigenvalue weighted by Gasteiger charge is 2.58. The second-order valence-corrected chi connectivity index (χ2v) is 6.27. The van der Waals surface area contributed by atoms with Crippen molar-refractivity contribution in [1.82, 2.24) is 0 Å². The molecule has 0 aromatic heterocycles. The van der Waals surface area contributed by atoms with Gasteiger partial charge in [0, 0.05) is 0 Å². The topological polar surface area (TPSA) is 55.4 Å². The minimum Gasteiger partial charge on any atom is -0.433 e. The third-order valence-electron chi connectivity index (χ3n) is 3.72. The second kappa shape index (κ2) is 4.93. The van der Waals surface area contributed by atoms with E-state index < -0.39 is 17.9 Å². The van der Waals surface area contributed by atoms with Crippen molar-refractivity contribution in [2.75, 3.05) is 6.61 Å². The van der Waals surface area contributed by atoms with Crippen molar-refractivity contribution in [3.05, 3.63) is 0 Å². The van der Waals surface area contributed by atoms with Gasteiger partial charge in [0.2, 0.25) is 0 Å². The predicted octanol–water partition coefficient (Wildman–Crippen LogP) is 1.07. The van der Waals surface area contributed by atoms with Gasteiger partial charge in [-0.25, -0.2) is 0 Å². The van der Waals surface area contributed by atoms with Crippen LogP contribution in [0.3, 0.4) is 0 Å². The van der Waals surface area contributed by atoms with Crippen LogP contribution in [0.4, 0.5) is 0 Å². The molecule has 5 atom stereocenters. The average molecular weight is 285 g/mol. The molecule has 0 spiro atoms. The van der Waals surface area contributed by atoms with Crippen molar-refractivity contribution in [3.8, 4) is 0 Å². The lowest BCUT2D eigenvalue weighted by Crippen LogP contribution is -2.44. The van der Waals surface area contributed by atoms with Gasteiger partial charge in [0.25, 0.3) is 7.48 Å². The summed E-state index contributed by atoms with van der Waals surface area (Å²) in [5.41, 5.74) is 0. The van der Waals surface area contributed by atoms with Crippen LogP contribution in [0.25, 0.3) is 0 Å². The van der Waals surface area contributed by atoms with E-state index in [4.69, 9.17) is 28.3 Å². The minimum atomic E-state index is -0.651. The van der Waals surface area contributed by atoms with E-state index in [1.54, 1.807) is 7.48 Å². The number of fused-ring (bicyclic) bond motifs is 1. The molecule has 6 nitrogen and oxygen atoms in total. The maximum atomic E-state index is 5.97. The molecule has 3 aliphatic rings. The third-order valence-corrected chi connectivity index (χ3v) is 3.72. The summed E-state index contributed by atoms with van der Waals surface area (Å²) in [6.45, 7) is 9.83. The first-order valence-corrected chi connectivity index (χ1v) is 7.07. The molecule has 3 aliphatic heterocycles. The molecule has 0 aromatic rings. The van der Waals surface area contributed by atoms with E-state index in [9.17, 15) is 0 Å². The maximum Gasteiger partial charge on any atom is 0.289 e. The Hall–Kier alpha value is -0.175. The summed E-state index contributed by atoms with van der Waals surface area (Å²) in [6, 6.07) is 0. The van der Waals surface area contributed by atoms with E-state index in [-0.39, 0.29) is 24.4 Å². The van der Waals surface area contributed by atoms with E-state index in [0.29, 0.717) is 6.61 Å². The number of ether oxygens (including phenoxy) is 5. The molecule has 7 heteroatoms. The van der Waals surface area contributed by atoms with E-state index in [2.05, 4.69) is 0 Å². The highest BCUT2D eigenvalue weighted by atomic mass is 16.8. The highest BCUT2D eigenvalue weighted by Crippen LogP contribution is 2.41. The minimum absolute atomic E-state index is 0.184. The molecule has 0 N–H and O–H groups in total. The Balaban J connectivity index is 1.73. The van der Waals surface area contributed by atoms with Crippen LogP contribution in [0.15, 0.2) is 0 Å². The molecule has 0 aromatic carbocycles. The van der Waals surface area contributed by atoms with Gasteiger partial charge in [0.15, 0.2) is 17.9 Å². The van der Waals surface area contributed by atoms with Gasteiger partial charge in [-0.15, -0.1) is 0 Å². The Labute approximate surface area is 120 Å². The first-order valence-electron chi connectivity index (χ1n) is 7.07. The van der Waals surface area contributed by atoms with Crippen LogP contribution in [-0.2, 0) is 28.3 Å². The molecule has 1 radical (unpaired) electrons. The van der Waals surface area contributed by atoms with Gasteiger partial charge in [-0.05, 0) is 27.7 Å². The summed E-state index contributed by atoms with van der Waals surface area (Å²) in [6.07, 6.45) is -1.38. The van der Waals surface area contributed by atoms with Crippen molar-refractivity contribution in [2.45, 2.75) is 76.8 Å². The molecule has 3 fully saturated rings. The molecule has 0 bridgehead atoms. The van der Waals surface area contributed by atoms with Crippen LogP contribution in [-0.4, -0.2) is 56.4 Å². The zero-order valence-electron chi connectivity index (χ0n) is 12.6. The molecule has 20 heavy (non-hydrogen) atoms. The Kier molecular flexibility index (Phi) is 3.64. The van der Waals surface area contributed by atoms with Crippen molar-refractivity contribution in [2.24, 2.45) is 0 Å². The van der Waals surface area contributed by atoms with Crippen LogP contribution < -0.4 is 0 Å². The van der Waals surface area contributed by atoms with Gasteiger partial charge < -0.3 is 28.3 Å². The van der Waals surface area contributed by atoms with E-state index in [1.807, 2.05) is 34.5 Å². The van der Waals surface area contributed by atoms with Crippen molar-refractivity contribution in [3.63, 3.8) is 0 Å². The SMILES string of the molecule is C[B]O[C@@H]1[C@@H]([C@H]2COC(C)(C)O2)OC2OC(C)(C)O[C@@H]21. The fourth-order valence-electron chi connectivity index (χ4n) is 2.99. The molecule has 3 rings (SSSR count). The fraction of sp³-hybridized carbons (Fsp3) is 1.00. The molecule has 0 amide bonds. The lowest BCUT2D eigenvalue weighted by atomic mass is 10.0. The molecular weight excluding hydrogens is 263 g/mol. The summed E-state index contributed by atoms with van der Waals surface area (Å²) in [5.74, 6) is -1.24. The van der Waals surface area contributed by atoms with Crippen LogP contribution in [0.1, 0.15) is 27.7 Å². The summed E-state index contributed by atoms with van der Waals surface area (Å²) in [7, 11) is 1.65. The standard InChI is InChI=1S/C13H22BO6/c1-12(2)15-6-7(17-12)8-9(20-14-5)10-11(16-8)19-13(3,4)18-10/h7-11H,6H2,1-5H3/t7-,8-,9-,10-,11?/m1/s1. The number of hydrogen-bond donors (Lipinski definition) is 0. The Bertz CT molecular complexity index is 374. The summed E-state index contributed by atoms with van der Waals surface area (Å²) < 4.78 is 34.8. The molecular formula is C13H22BO6. The zero-order valence-corrected chi connectivity index (χ0v) is 12.6. The lowest BCUT2D eigenvalue weighted by molar-refractivity contribution is -0.230. The zero-order chi connectivity index (χ0) is 14.5. The van der Waals surface area contributed by atoms with Gasteiger partial charge in [-0.1, -0.05) is 6.82 Å². The first kappa shape index (κ1) is 14.7. The lowest BCUT2D eigenvalue weighted by Gasteiger charge is -2.29. The smallest absolute Gasteiger partial charge is 0.289 e. The van der Waals surface area contributed by atoms with Crippen molar-refractivity contribution < 1.29 is 28.3 Å². The summed E-state index contributed by atoms with van der Waals surface area (Å²) in [4.78, 5) is 0. The third kappa shape index (κ3) is 2.63. The van der Waals surface area contributed by atoms with Gasteiger partial charge >= 0.3 is 0 Å². The van der Waals surface area contributed by atoms with E-state index >= 15 is 0 Å². The Morgan fingerprint density at radius 2 is 1.75 bits per heavy atom. The highest BCUT2D eigenvalue weighted by molar-refractivity contribution is 6.24. The van der Waals surface area contributed by atoms with Crippen LogP contribution in [0.5, 0.6) is 0 Å². The molecule has 113 valence electrons. The number of rotatable bonds is 3. The Morgan fingerprint density at radius 3 is 2.35 bits per heavy atom. The second-order valence-electron chi connectivity index (χ2n) is 6.27. The van der Waals surface area contributed by atoms with E-state index in [0.717, 1.165) is 0 Å². The summed E-state index contributed by atoms with van der Waals surface area (Å²) >= 11 is 0. The predicted molar refractivity (Wildman–Crippen MR) is 70.1 cm³/mol. The van der Waals surface area contributed by atoms with Gasteiger partial charge in [-0.2, -0.15) is 0 Å². The average Bonchev–Trinajstić information content (AvgIpc) is 2.91. The molecule has 3 heterocycles. The summed E-state index contributed by atoms with van der Waals surface area (Å²) in [5, 5.41) is 0. The fourth-order valence-corrected chi connectivity index (χ4v) is 2.99. The van der Waals surface area contributed by atoms with Crippen molar-refractivity contribution >= 4 is 7.48 Å². The normalized spacial score (nSPS) is 45.5. The monoisotopic (exact) mass is 285 g/mol. The molecule has 0 saturated carbocycles. The van der Waals surface area contributed by atoms with Crippen LogP contribution in [0, 0.1) is 0 Å². The largest absolute Gasteiger partial charge is 0.433 e. The quantitative estimate of drug-likeness (QED) is 0.723. The molecule has 1 unspecified atom stereocenters. The van der Waals surface area contributed by atoms with Gasteiger partial charge in [0.05, 0.1) is 6.61 Å². The molecule has 0 aliphatic carbocycles. The number of hydrogen-bond acceptors (Lipinski definition) is 6. The van der Waals surface area contributed by atoms with Crippen molar-refractivity contribution in [1.29, 1.82) is 0 Å². The van der Waals surface area contributed by atoms with Gasteiger partial charge in [-0.3, -0.25) is 0 Å². The van der Waals surface area contributed by atoms with Crippen LogP contribution >= 0.6 is 0 Å². The molecule has 3 saturated heterocycles. The maximum absolute atomic E-state index is 5.97. The first-order chi connectivity index (χ1) is 9.31. The van der Waals surface area contributed by atoms with E-state index in [1.165, 1.54) is 0 Å². The van der Waals surface area contributed by atoms with Gasteiger partial charge in [0.1, 0.15) is 24.4 Å². The van der Waals surface area contributed by atoms with Crippen LogP contribution in [0.2, 0.25) is 6.82 Å².